The zero-order chi connectivity index (χ0) is 38.3. The fourth-order valence-electron chi connectivity index (χ4n) is 10.6. The molecule has 0 amide bonds. The summed E-state index contributed by atoms with van der Waals surface area (Å²) in [5.74, 6) is -0.817. The SMILES string of the molecule is C=C1C[C@H](CC[C@]23C[C@@H](OC)[C@H](O2)[C@@H]2O[C@H]4CC[C@H](CC(=O)C[C@@H]5[C@@H](OC)[C@@H](C[C@H](O)CN)O[C@H]5C)O[C@@H]4[C@H](O3)[C@@H]2C)O[C@H]1CC[C@H]1CCC(=C)[C@@H](C)O1. The molecule has 3 N–H and O–H groups in total. The fraction of sp³-hybridized carbons (Fsp3) is 0.881. The highest BCUT2D eigenvalue weighted by molar-refractivity contribution is 5.79. The highest BCUT2D eigenvalue weighted by Gasteiger charge is 2.62. The van der Waals surface area contributed by atoms with Gasteiger partial charge in [-0.2, -0.15) is 0 Å². The van der Waals surface area contributed by atoms with E-state index in [1.807, 2.05) is 6.92 Å². The van der Waals surface area contributed by atoms with Crippen molar-refractivity contribution in [3.05, 3.63) is 24.3 Å². The smallest absolute Gasteiger partial charge is 0.172 e. The van der Waals surface area contributed by atoms with E-state index >= 15 is 0 Å². The van der Waals surface area contributed by atoms with E-state index in [1.54, 1.807) is 14.2 Å². The van der Waals surface area contributed by atoms with Crippen LogP contribution in [0.25, 0.3) is 0 Å². The molecule has 54 heavy (non-hydrogen) atoms. The van der Waals surface area contributed by atoms with Crippen molar-refractivity contribution in [1.82, 2.24) is 0 Å². The third-order valence-corrected chi connectivity index (χ3v) is 13.8. The number of hydrogen-bond donors (Lipinski definition) is 2. The number of aliphatic hydroxyl groups excluding tert-OH is 1. The number of nitrogens with two attached hydrogens (primary N) is 1. The van der Waals surface area contributed by atoms with E-state index in [0.29, 0.717) is 32.1 Å². The molecule has 306 valence electrons. The summed E-state index contributed by atoms with van der Waals surface area (Å²) in [6.07, 6.45) is 6.87. The molecule has 18 atom stereocenters. The van der Waals surface area contributed by atoms with Gasteiger partial charge in [-0.3, -0.25) is 4.79 Å². The lowest BCUT2D eigenvalue weighted by atomic mass is 9.80. The number of Topliss-reactive ketones (excluding diaryl/α,β-unsaturated/α-hetero) is 1. The first-order valence-electron chi connectivity index (χ1n) is 20.8. The van der Waals surface area contributed by atoms with E-state index in [2.05, 4.69) is 27.0 Å². The van der Waals surface area contributed by atoms with Crippen LogP contribution in [0, 0.1) is 11.8 Å². The summed E-state index contributed by atoms with van der Waals surface area (Å²) < 4.78 is 58.3. The summed E-state index contributed by atoms with van der Waals surface area (Å²) in [4.78, 5) is 13.6. The Hall–Kier alpha value is -1.29. The van der Waals surface area contributed by atoms with Crippen LogP contribution in [-0.2, 0) is 47.4 Å². The average Bonchev–Trinajstić information content (AvgIpc) is 3.78. The lowest BCUT2D eigenvalue weighted by Gasteiger charge is -2.50. The molecule has 0 aromatic carbocycles. The van der Waals surface area contributed by atoms with Crippen molar-refractivity contribution < 1.29 is 52.5 Å². The van der Waals surface area contributed by atoms with Crippen molar-refractivity contribution in [2.45, 2.75) is 202 Å². The first-order chi connectivity index (χ1) is 25.9. The Labute approximate surface area is 322 Å². The Kier molecular flexibility index (Phi) is 13.1. The monoisotopic (exact) mass is 761 g/mol. The maximum absolute atomic E-state index is 13.6. The molecule has 7 saturated heterocycles. The molecule has 0 aliphatic carbocycles. The molecule has 12 heteroatoms. The Morgan fingerprint density at radius 1 is 0.870 bits per heavy atom. The van der Waals surface area contributed by atoms with E-state index in [4.69, 9.17) is 48.4 Å². The topological polar surface area (TPSA) is 146 Å². The molecule has 4 bridgehead atoms. The molecular formula is C42H67NO11. The third kappa shape index (κ3) is 8.60. The fourth-order valence-corrected chi connectivity index (χ4v) is 10.6. The summed E-state index contributed by atoms with van der Waals surface area (Å²) in [7, 11) is 3.38. The zero-order valence-corrected chi connectivity index (χ0v) is 33.2. The van der Waals surface area contributed by atoms with Gasteiger partial charge in [-0.25, -0.2) is 0 Å². The second kappa shape index (κ2) is 17.3. The highest BCUT2D eigenvalue weighted by atomic mass is 16.7. The molecule has 7 aliphatic heterocycles. The van der Waals surface area contributed by atoms with E-state index in [9.17, 15) is 9.90 Å². The minimum Gasteiger partial charge on any atom is -0.392 e. The van der Waals surface area contributed by atoms with Crippen LogP contribution >= 0.6 is 0 Å². The quantitative estimate of drug-likeness (QED) is 0.223. The van der Waals surface area contributed by atoms with Crippen LogP contribution in [0.1, 0.15) is 104 Å². The number of carbonyl (C=O) groups is 1. The minimum absolute atomic E-state index is 0.0130. The molecule has 7 heterocycles. The maximum Gasteiger partial charge on any atom is 0.172 e. The van der Waals surface area contributed by atoms with Gasteiger partial charge in [0, 0.05) is 64.7 Å². The van der Waals surface area contributed by atoms with Crippen molar-refractivity contribution in [3.63, 3.8) is 0 Å². The van der Waals surface area contributed by atoms with Gasteiger partial charge in [0.2, 0.25) is 0 Å². The highest BCUT2D eigenvalue weighted by Crippen LogP contribution is 2.51. The van der Waals surface area contributed by atoms with E-state index in [1.165, 1.54) is 5.57 Å². The maximum atomic E-state index is 13.6. The van der Waals surface area contributed by atoms with Gasteiger partial charge in [-0.15, -0.1) is 0 Å². The summed E-state index contributed by atoms with van der Waals surface area (Å²) in [5, 5.41) is 10.1. The summed E-state index contributed by atoms with van der Waals surface area (Å²) in [6.45, 7) is 14.9. The standard InChI is InChI=1S/C42H67NO11/c1-22-8-9-29(48-25(22)4)10-12-33-23(2)16-31(50-33)14-15-42-20-36(46-6)41(54-42)37-24(3)38(53-42)40-34(52-37)13-11-30(51-40)17-27(44)18-32-26(5)49-35(39(32)47-7)19-28(45)21-43/h24-26,28-41,45H,1-2,8-21,43H2,3-7H3/t24-,25-,26+,28+,29-,30-,31+,32+,33+,34+,35-,36-,37-,38-,39-,40+,41+,42-/m1/s1. The average molecular weight is 762 g/mol. The first-order valence-corrected chi connectivity index (χ1v) is 20.8. The van der Waals surface area contributed by atoms with Crippen LogP contribution in [0.5, 0.6) is 0 Å². The number of ketones is 1. The molecular weight excluding hydrogens is 694 g/mol. The number of aliphatic hydroxyl groups is 1. The first kappa shape index (κ1) is 40.9. The second-order valence-corrected chi connectivity index (χ2v) is 17.5. The number of rotatable bonds is 15. The van der Waals surface area contributed by atoms with E-state index in [-0.39, 0.29) is 110 Å². The molecule has 0 aromatic heterocycles. The van der Waals surface area contributed by atoms with Gasteiger partial charge in [0.1, 0.15) is 18.0 Å². The van der Waals surface area contributed by atoms with Crippen molar-refractivity contribution in [2.75, 3.05) is 20.8 Å². The number of fused-ring (bicyclic) bond motifs is 7. The normalized spacial score (nSPS) is 46.7. The molecule has 0 radical (unpaired) electrons. The molecule has 7 rings (SSSR count). The molecule has 0 saturated carbocycles. The summed E-state index contributed by atoms with van der Waals surface area (Å²) >= 11 is 0. The van der Waals surface area contributed by atoms with Gasteiger partial charge in [0.25, 0.3) is 0 Å². The lowest BCUT2D eigenvalue weighted by molar-refractivity contribution is -0.290. The number of carbonyl (C=O) groups excluding carboxylic acids is 1. The van der Waals surface area contributed by atoms with Crippen molar-refractivity contribution in [3.8, 4) is 0 Å². The van der Waals surface area contributed by atoms with Crippen LogP contribution in [0.4, 0.5) is 0 Å². The van der Waals surface area contributed by atoms with Crippen molar-refractivity contribution in [1.29, 1.82) is 0 Å². The Balaban J connectivity index is 0.957. The van der Waals surface area contributed by atoms with Gasteiger partial charge in [-0.1, -0.05) is 20.1 Å². The Bertz CT molecular complexity index is 1330. The summed E-state index contributed by atoms with van der Waals surface area (Å²) in [5.41, 5.74) is 7.99. The molecule has 0 aromatic rings. The number of methoxy groups -OCH3 is 2. The summed E-state index contributed by atoms with van der Waals surface area (Å²) in [6, 6.07) is 0. The molecule has 0 spiro atoms. The van der Waals surface area contributed by atoms with Crippen LogP contribution in [0.15, 0.2) is 24.3 Å². The zero-order valence-electron chi connectivity index (χ0n) is 33.2. The molecule has 7 fully saturated rings. The van der Waals surface area contributed by atoms with Crippen LogP contribution in [-0.4, -0.2) is 129 Å². The Morgan fingerprint density at radius 3 is 2.41 bits per heavy atom. The van der Waals surface area contributed by atoms with Crippen LogP contribution in [0.2, 0.25) is 0 Å². The Morgan fingerprint density at radius 2 is 1.67 bits per heavy atom. The van der Waals surface area contributed by atoms with Gasteiger partial charge in [-0.05, 0) is 76.4 Å². The lowest BCUT2D eigenvalue weighted by Crippen LogP contribution is -2.62. The number of ether oxygens (including phenoxy) is 9. The molecule has 12 nitrogen and oxygen atoms in total. The van der Waals surface area contributed by atoms with Crippen LogP contribution < -0.4 is 5.73 Å². The third-order valence-electron chi connectivity index (χ3n) is 13.8. The van der Waals surface area contributed by atoms with E-state index < -0.39 is 11.9 Å². The van der Waals surface area contributed by atoms with Crippen molar-refractivity contribution in [2.24, 2.45) is 17.6 Å². The minimum atomic E-state index is -0.845. The van der Waals surface area contributed by atoms with Crippen molar-refractivity contribution >= 4 is 5.78 Å². The molecule has 7 aliphatic rings. The molecule has 0 unspecified atom stereocenters. The van der Waals surface area contributed by atoms with Gasteiger partial charge >= 0.3 is 0 Å². The van der Waals surface area contributed by atoms with Gasteiger partial charge in [0.05, 0.1) is 79.4 Å². The van der Waals surface area contributed by atoms with E-state index in [0.717, 1.165) is 56.9 Å². The van der Waals surface area contributed by atoms with Gasteiger partial charge < -0.3 is 53.5 Å². The van der Waals surface area contributed by atoms with Gasteiger partial charge in [0.15, 0.2) is 5.79 Å². The number of hydrogen-bond acceptors (Lipinski definition) is 12. The predicted molar refractivity (Wildman–Crippen MR) is 200 cm³/mol. The predicted octanol–water partition coefficient (Wildman–Crippen LogP) is 4.71. The second-order valence-electron chi connectivity index (χ2n) is 17.5. The van der Waals surface area contributed by atoms with Crippen LogP contribution in [0.3, 0.4) is 0 Å². The largest absolute Gasteiger partial charge is 0.392 e.